The van der Waals surface area contributed by atoms with Crippen LogP contribution in [0.1, 0.15) is 27.2 Å². The number of amides is 3. The summed E-state index contributed by atoms with van der Waals surface area (Å²) in [7, 11) is 0. The molecule has 18 heavy (non-hydrogen) atoms. The van der Waals surface area contributed by atoms with Crippen LogP contribution in [0.4, 0.5) is 4.79 Å². The third-order valence-electron chi connectivity index (χ3n) is 2.19. The Balaban J connectivity index is 4.11. The fourth-order valence-corrected chi connectivity index (χ4v) is 1.30. The summed E-state index contributed by atoms with van der Waals surface area (Å²) < 4.78 is 0. The van der Waals surface area contributed by atoms with Gasteiger partial charge in [0.15, 0.2) is 0 Å². The first-order valence-electron chi connectivity index (χ1n) is 5.91. The van der Waals surface area contributed by atoms with Crippen LogP contribution in [0.3, 0.4) is 0 Å². The molecule has 0 rings (SSSR count). The summed E-state index contributed by atoms with van der Waals surface area (Å²) >= 11 is 0. The summed E-state index contributed by atoms with van der Waals surface area (Å²) in [5.74, 6) is -1.21. The Morgan fingerprint density at radius 3 is 2.28 bits per heavy atom. The lowest BCUT2D eigenvalue weighted by atomic mass is 10.3. The number of carboxylic acids is 1. The molecule has 7 nitrogen and oxygen atoms in total. The van der Waals surface area contributed by atoms with Gasteiger partial charge in [0.2, 0.25) is 5.91 Å². The monoisotopic (exact) mass is 259 g/mol. The number of nitrogens with one attached hydrogen (secondary N) is 2. The molecule has 0 aliphatic rings. The second-order valence-electron chi connectivity index (χ2n) is 4.05. The van der Waals surface area contributed by atoms with Crippen LogP contribution in [0.15, 0.2) is 0 Å². The third-order valence-corrected chi connectivity index (χ3v) is 2.19. The average molecular weight is 259 g/mol. The van der Waals surface area contributed by atoms with Crippen molar-refractivity contribution >= 4 is 17.9 Å². The van der Waals surface area contributed by atoms with Gasteiger partial charge in [-0.2, -0.15) is 0 Å². The molecule has 0 aliphatic heterocycles. The number of hydrogen-bond donors (Lipinski definition) is 3. The maximum absolute atomic E-state index is 11.7. The Bertz CT molecular complexity index is 305. The Morgan fingerprint density at radius 2 is 1.83 bits per heavy atom. The molecule has 0 fully saturated rings. The summed E-state index contributed by atoms with van der Waals surface area (Å²) in [6, 6.07) is -0.692. The summed E-state index contributed by atoms with van der Waals surface area (Å²) in [4.78, 5) is 34.6. The maximum atomic E-state index is 11.7. The van der Waals surface area contributed by atoms with Gasteiger partial charge < -0.3 is 20.6 Å². The lowest BCUT2D eigenvalue weighted by Gasteiger charge is -2.25. The smallest absolute Gasteiger partial charge is 0.323 e. The van der Waals surface area contributed by atoms with E-state index in [1.807, 2.05) is 6.92 Å². The van der Waals surface area contributed by atoms with Crippen molar-refractivity contribution in [3.8, 4) is 0 Å². The van der Waals surface area contributed by atoms with Crippen molar-refractivity contribution in [2.45, 2.75) is 33.2 Å². The SMILES string of the molecule is CCNC(=O)CCNC(=O)N(CC(=O)O)C(C)C. The van der Waals surface area contributed by atoms with Crippen molar-refractivity contribution in [3.63, 3.8) is 0 Å². The molecule has 0 spiro atoms. The predicted molar refractivity (Wildman–Crippen MR) is 66.2 cm³/mol. The van der Waals surface area contributed by atoms with Crippen molar-refractivity contribution < 1.29 is 19.5 Å². The number of nitrogens with zero attached hydrogens (tertiary/aromatic N) is 1. The Morgan fingerprint density at radius 1 is 1.22 bits per heavy atom. The largest absolute Gasteiger partial charge is 0.480 e. The van der Waals surface area contributed by atoms with E-state index in [1.165, 1.54) is 4.90 Å². The number of carbonyl (C=O) groups is 3. The number of carbonyl (C=O) groups excluding carboxylic acids is 2. The van der Waals surface area contributed by atoms with E-state index in [9.17, 15) is 14.4 Å². The highest BCUT2D eigenvalue weighted by Gasteiger charge is 2.19. The van der Waals surface area contributed by atoms with E-state index in [0.717, 1.165) is 0 Å². The van der Waals surface area contributed by atoms with E-state index in [1.54, 1.807) is 13.8 Å². The van der Waals surface area contributed by atoms with Crippen LogP contribution in [-0.2, 0) is 9.59 Å². The molecule has 0 heterocycles. The second kappa shape index (κ2) is 8.32. The van der Waals surface area contributed by atoms with Gasteiger partial charge in [-0.15, -0.1) is 0 Å². The minimum Gasteiger partial charge on any atom is -0.480 e. The van der Waals surface area contributed by atoms with E-state index < -0.39 is 12.0 Å². The zero-order valence-corrected chi connectivity index (χ0v) is 11.0. The third kappa shape index (κ3) is 6.72. The van der Waals surface area contributed by atoms with Gasteiger partial charge in [0.25, 0.3) is 0 Å². The maximum Gasteiger partial charge on any atom is 0.323 e. The molecule has 0 aromatic carbocycles. The summed E-state index contributed by atoms with van der Waals surface area (Å²) in [5.41, 5.74) is 0. The van der Waals surface area contributed by atoms with Crippen LogP contribution in [0, 0.1) is 0 Å². The van der Waals surface area contributed by atoms with Gasteiger partial charge in [0.1, 0.15) is 6.54 Å². The number of rotatable bonds is 7. The fourth-order valence-electron chi connectivity index (χ4n) is 1.30. The van der Waals surface area contributed by atoms with Crippen LogP contribution < -0.4 is 10.6 Å². The predicted octanol–water partition coefficient (Wildman–Crippen LogP) is 0.0172. The van der Waals surface area contributed by atoms with Crippen LogP contribution in [0.25, 0.3) is 0 Å². The zero-order chi connectivity index (χ0) is 14.1. The van der Waals surface area contributed by atoms with Crippen LogP contribution >= 0.6 is 0 Å². The van der Waals surface area contributed by atoms with Gasteiger partial charge >= 0.3 is 12.0 Å². The molecule has 0 bridgehead atoms. The molecular formula is C11H21N3O4. The molecular weight excluding hydrogens is 238 g/mol. The first kappa shape index (κ1) is 16.2. The lowest BCUT2D eigenvalue weighted by Crippen LogP contribution is -2.47. The van der Waals surface area contributed by atoms with Crippen LogP contribution in [0.5, 0.6) is 0 Å². The summed E-state index contributed by atoms with van der Waals surface area (Å²) in [6.45, 7) is 5.64. The van der Waals surface area contributed by atoms with Gasteiger partial charge in [0.05, 0.1) is 0 Å². The molecule has 0 aliphatic carbocycles. The molecule has 0 radical (unpaired) electrons. The van der Waals surface area contributed by atoms with Crippen molar-refractivity contribution in [1.82, 2.24) is 15.5 Å². The highest BCUT2D eigenvalue weighted by atomic mass is 16.4. The molecule has 0 unspecified atom stereocenters. The average Bonchev–Trinajstić information content (AvgIpc) is 2.25. The molecule has 0 aromatic rings. The van der Waals surface area contributed by atoms with Crippen LogP contribution in [-0.4, -0.2) is 53.6 Å². The number of carboxylic acid groups (broad SMARTS) is 1. The second-order valence-corrected chi connectivity index (χ2v) is 4.05. The van der Waals surface area contributed by atoms with Gasteiger partial charge in [0, 0.05) is 25.6 Å². The molecule has 104 valence electrons. The van der Waals surface area contributed by atoms with Crippen molar-refractivity contribution in [2.75, 3.05) is 19.6 Å². The van der Waals surface area contributed by atoms with E-state index in [4.69, 9.17) is 5.11 Å². The topological polar surface area (TPSA) is 98.7 Å². The summed E-state index contributed by atoms with van der Waals surface area (Å²) in [6.07, 6.45) is 0.179. The van der Waals surface area contributed by atoms with E-state index in [0.29, 0.717) is 6.54 Å². The minimum absolute atomic E-state index is 0.146. The van der Waals surface area contributed by atoms with Crippen LogP contribution in [0.2, 0.25) is 0 Å². The Hall–Kier alpha value is -1.79. The van der Waals surface area contributed by atoms with Gasteiger partial charge in [-0.25, -0.2) is 4.79 Å². The molecule has 7 heteroatoms. The molecule has 0 saturated heterocycles. The molecule has 0 saturated carbocycles. The van der Waals surface area contributed by atoms with Gasteiger partial charge in [-0.1, -0.05) is 0 Å². The highest BCUT2D eigenvalue weighted by Crippen LogP contribution is 1.98. The van der Waals surface area contributed by atoms with Gasteiger partial charge in [-0.3, -0.25) is 9.59 Å². The number of aliphatic carboxylic acids is 1. The standard InChI is InChI=1S/C11H21N3O4/c1-4-12-9(15)5-6-13-11(18)14(8(2)3)7-10(16)17/h8H,4-7H2,1-3H3,(H,12,15)(H,13,18)(H,16,17). The van der Waals surface area contributed by atoms with Crippen molar-refractivity contribution in [1.29, 1.82) is 0 Å². The Kier molecular flexibility index (Phi) is 7.50. The first-order valence-corrected chi connectivity index (χ1v) is 5.91. The quantitative estimate of drug-likeness (QED) is 0.600. The highest BCUT2D eigenvalue weighted by molar-refractivity contribution is 5.81. The van der Waals surface area contributed by atoms with Crippen molar-refractivity contribution in [2.24, 2.45) is 0 Å². The molecule has 3 N–H and O–H groups in total. The lowest BCUT2D eigenvalue weighted by molar-refractivity contribution is -0.138. The van der Waals surface area contributed by atoms with Gasteiger partial charge in [-0.05, 0) is 20.8 Å². The zero-order valence-electron chi connectivity index (χ0n) is 11.0. The normalized spacial score (nSPS) is 10.0. The van der Waals surface area contributed by atoms with E-state index in [2.05, 4.69) is 10.6 Å². The van der Waals surface area contributed by atoms with E-state index in [-0.39, 0.29) is 31.5 Å². The molecule has 3 amide bonds. The summed E-state index contributed by atoms with van der Waals surface area (Å²) in [5, 5.41) is 13.8. The fraction of sp³-hybridized carbons (Fsp3) is 0.727. The van der Waals surface area contributed by atoms with E-state index >= 15 is 0 Å². The van der Waals surface area contributed by atoms with Crippen molar-refractivity contribution in [3.05, 3.63) is 0 Å². The number of hydrogen-bond acceptors (Lipinski definition) is 3. The molecule has 0 atom stereocenters. The molecule has 0 aromatic heterocycles. The minimum atomic E-state index is -1.07. The Labute approximate surface area is 107 Å². The number of urea groups is 1. The first-order chi connectivity index (χ1) is 8.38.